The molecule has 1 N–H and O–H groups in total. The van der Waals surface area contributed by atoms with Crippen LogP contribution < -0.4 is 10.1 Å². The Morgan fingerprint density at radius 1 is 0.923 bits per heavy atom. The molecular weight excluding hydrogens is 342 g/mol. The number of rotatable bonds is 5. The zero-order chi connectivity index (χ0) is 18.0. The molecule has 4 rings (SSSR count). The zero-order valence-electron chi connectivity index (χ0n) is 14.4. The van der Waals surface area contributed by atoms with Crippen molar-refractivity contribution in [1.29, 1.82) is 0 Å². The van der Waals surface area contributed by atoms with Crippen LogP contribution in [0.3, 0.4) is 0 Å². The van der Waals surface area contributed by atoms with Gasteiger partial charge in [-0.15, -0.1) is 11.8 Å². The molecule has 0 aromatic heterocycles. The minimum atomic E-state index is -0.688. The van der Waals surface area contributed by atoms with E-state index in [2.05, 4.69) is 17.4 Å². The minimum absolute atomic E-state index is 0.0309. The fourth-order valence-corrected chi connectivity index (χ4v) is 4.69. The van der Waals surface area contributed by atoms with E-state index in [4.69, 9.17) is 4.74 Å². The molecule has 0 unspecified atom stereocenters. The van der Waals surface area contributed by atoms with Crippen LogP contribution in [0.25, 0.3) is 0 Å². The van der Waals surface area contributed by atoms with Crippen molar-refractivity contribution >= 4 is 23.4 Å². The number of anilines is 1. The first-order chi connectivity index (χ1) is 12.7. The van der Waals surface area contributed by atoms with Crippen molar-refractivity contribution in [2.45, 2.75) is 16.1 Å². The Bertz CT molecular complexity index is 924. The van der Waals surface area contributed by atoms with Gasteiger partial charge >= 0.3 is 0 Å². The lowest BCUT2D eigenvalue weighted by Crippen LogP contribution is -2.33. The first-order valence-corrected chi connectivity index (χ1v) is 9.31. The summed E-state index contributed by atoms with van der Waals surface area (Å²) in [6, 6.07) is 26.0. The van der Waals surface area contributed by atoms with Crippen LogP contribution in [0, 0.1) is 0 Å². The van der Waals surface area contributed by atoms with Crippen LogP contribution in [0.4, 0.5) is 5.69 Å². The van der Waals surface area contributed by atoms with Gasteiger partial charge < -0.3 is 10.1 Å². The van der Waals surface area contributed by atoms with Crippen LogP contribution >= 0.6 is 11.8 Å². The molecule has 0 saturated heterocycles. The maximum atomic E-state index is 13.1. The number of benzene rings is 3. The number of amides is 1. The number of hydrogen-bond donors (Lipinski definition) is 1. The molecule has 0 saturated carbocycles. The van der Waals surface area contributed by atoms with E-state index in [1.807, 2.05) is 66.7 Å². The van der Waals surface area contributed by atoms with Crippen LogP contribution in [-0.4, -0.2) is 13.0 Å². The molecule has 130 valence electrons. The molecular formula is C22H19NO2S. The smallest absolute Gasteiger partial charge is 0.245 e. The lowest BCUT2D eigenvalue weighted by molar-refractivity contribution is -0.118. The first-order valence-electron chi connectivity index (χ1n) is 8.49. The molecule has 3 aromatic carbocycles. The third-order valence-electron chi connectivity index (χ3n) is 4.62. The number of methoxy groups -OCH3 is 1. The Labute approximate surface area is 157 Å². The average Bonchev–Trinajstić information content (AvgIpc) is 2.95. The highest BCUT2D eigenvalue weighted by Crippen LogP contribution is 2.50. The fourth-order valence-electron chi connectivity index (χ4n) is 3.32. The van der Waals surface area contributed by atoms with Crippen molar-refractivity contribution in [2.75, 3.05) is 12.4 Å². The van der Waals surface area contributed by atoms with Gasteiger partial charge in [0, 0.05) is 22.6 Å². The maximum absolute atomic E-state index is 13.1. The van der Waals surface area contributed by atoms with E-state index in [-0.39, 0.29) is 5.91 Å². The minimum Gasteiger partial charge on any atom is -0.497 e. The highest BCUT2D eigenvalue weighted by molar-refractivity contribution is 8.01. The number of carbonyl (C=O) groups excluding carboxylic acids is 1. The van der Waals surface area contributed by atoms with Gasteiger partial charge in [-0.2, -0.15) is 0 Å². The standard InChI is InChI=1S/C22H19NO2S/c1-25-17-13-11-16(12-14-17)15-22(26-18-7-3-2-4-8-18)19-9-5-6-10-20(19)23-21(22)24/h2-14H,15H2,1H3,(H,23,24)/t22-/m1/s1. The molecule has 0 radical (unpaired) electrons. The molecule has 3 nitrogen and oxygen atoms in total. The van der Waals surface area contributed by atoms with Crippen molar-refractivity contribution < 1.29 is 9.53 Å². The van der Waals surface area contributed by atoms with E-state index in [1.54, 1.807) is 18.9 Å². The van der Waals surface area contributed by atoms with Crippen LogP contribution in [-0.2, 0) is 16.0 Å². The largest absolute Gasteiger partial charge is 0.497 e. The number of nitrogens with one attached hydrogen (secondary N) is 1. The van der Waals surface area contributed by atoms with Gasteiger partial charge in [-0.05, 0) is 35.9 Å². The Morgan fingerprint density at radius 3 is 2.35 bits per heavy atom. The molecule has 0 spiro atoms. The second kappa shape index (κ2) is 6.89. The number of para-hydroxylation sites is 1. The molecule has 1 heterocycles. The second-order valence-corrected chi connectivity index (χ2v) is 7.64. The summed E-state index contributed by atoms with van der Waals surface area (Å²) >= 11 is 1.61. The van der Waals surface area contributed by atoms with E-state index < -0.39 is 4.75 Å². The van der Waals surface area contributed by atoms with E-state index in [1.165, 1.54) is 0 Å². The maximum Gasteiger partial charge on any atom is 0.245 e. The Hall–Kier alpha value is -2.72. The lowest BCUT2D eigenvalue weighted by atomic mass is 9.92. The third-order valence-corrected chi connectivity index (χ3v) is 6.03. The summed E-state index contributed by atoms with van der Waals surface area (Å²) in [5, 5.41) is 3.07. The average molecular weight is 361 g/mol. The predicted molar refractivity (Wildman–Crippen MR) is 106 cm³/mol. The third kappa shape index (κ3) is 2.97. The molecule has 1 aliphatic heterocycles. The van der Waals surface area contributed by atoms with Crippen molar-refractivity contribution in [1.82, 2.24) is 0 Å². The van der Waals surface area contributed by atoms with Gasteiger partial charge in [-0.3, -0.25) is 4.79 Å². The molecule has 0 bridgehead atoms. The molecule has 4 heteroatoms. The lowest BCUT2D eigenvalue weighted by Gasteiger charge is -2.27. The molecule has 1 aliphatic rings. The van der Waals surface area contributed by atoms with Crippen molar-refractivity contribution in [3.63, 3.8) is 0 Å². The summed E-state index contributed by atoms with van der Waals surface area (Å²) in [6.45, 7) is 0. The van der Waals surface area contributed by atoms with Gasteiger partial charge in [0.05, 0.1) is 7.11 Å². The van der Waals surface area contributed by atoms with Gasteiger partial charge in [0.25, 0.3) is 0 Å². The number of ether oxygens (including phenoxy) is 1. The topological polar surface area (TPSA) is 38.3 Å². The highest BCUT2D eigenvalue weighted by Gasteiger charge is 2.47. The van der Waals surface area contributed by atoms with Gasteiger partial charge in [-0.1, -0.05) is 48.5 Å². The summed E-state index contributed by atoms with van der Waals surface area (Å²) in [4.78, 5) is 14.2. The van der Waals surface area contributed by atoms with Crippen LogP contribution in [0.1, 0.15) is 11.1 Å². The molecule has 3 aromatic rings. The molecule has 26 heavy (non-hydrogen) atoms. The Kier molecular flexibility index (Phi) is 4.43. The summed E-state index contributed by atoms with van der Waals surface area (Å²) in [5.41, 5.74) is 3.03. The van der Waals surface area contributed by atoms with Crippen molar-refractivity contribution in [3.05, 3.63) is 90.0 Å². The monoisotopic (exact) mass is 361 g/mol. The fraction of sp³-hybridized carbons (Fsp3) is 0.136. The van der Waals surface area contributed by atoms with E-state index in [9.17, 15) is 4.79 Å². The zero-order valence-corrected chi connectivity index (χ0v) is 15.3. The summed E-state index contributed by atoms with van der Waals surface area (Å²) in [5.74, 6) is 0.846. The van der Waals surface area contributed by atoms with E-state index in [0.29, 0.717) is 6.42 Å². The summed E-state index contributed by atoms with van der Waals surface area (Å²) < 4.78 is 4.56. The molecule has 0 aliphatic carbocycles. The molecule has 0 fully saturated rings. The normalized spacial score (nSPS) is 18.3. The highest BCUT2D eigenvalue weighted by atomic mass is 32.2. The van der Waals surface area contributed by atoms with E-state index >= 15 is 0 Å². The number of fused-ring (bicyclic) bond motifs is 1. The summed E-state index contributed by atoms with van der Waals surface area (Å²) in [6.07, 6.45) is 0.611. The quantitative estimate of drug-likeness (QED) is 0.704. The SMILES string of the molecule is COc1ccc(C[C@]2(Sc3ccccc3)C(=O)Nc3ccccc32)cc1. The Balaban J connectivity index is 1.78. The molecule has 1 amide bonds. The van der Waals surface area contributed by atoms with Crippen LogP contribution in [0.5, 0.6) is 5.75 Å². The van der Waals surface area contributed by atoms with Gasteiger partial charge in [-0.25, -0.2) is 0 Å². The number of thioether (sulfide) groups is 1. The predicted octanol–water partition coefficient (Wildman–Crippen LogP) is 4.88. The van der Waals surface area contributed by atoms with Gasteiger partial charge in [0.1, 0.15) is 10.5 Å². The van der Waals surface area contributed by atoms with Crippen molar-refractivity contribution in [2.24, 2.45) is 0 Å². The van der Waals surface area contributed by atoms with E-state index in [0.717, 1.165) is 27.5 Å². The van der Waals surface area contributed by atoms with Crippen LogP contribution in [0.15, 0.2) is 83.8 Å². The molecule has 1 atom stereocenters. The van der Waals surface area contributed by atoms with Gasteiger partial charge in [0.15, 0.2) is 0 Å². The Morgan fingerprint density at radius 2 is 1.62 bits per heavy atom. The van der Waals surface area contributed by atoms with Crippen LogP contribution in [0.2, 0.25) is 0 Å². The van der Waals surface area contributed by atoms with Crippen molar-refractivity contribution in [3.8, 4) is 5.75 Å². The number of carbonyl (C=O) groups is 1. The van der Waals surface area contributed by atoms with Gasteiger partial charge in [0.2, 0.25) is 5.91 Å². The summed E-state index contributed by atoms with van der Waals surface area (Å²) in [7, 11) is 1.66. The second-order valence-electron chi connectivity index (χ2n) is 6.27. The first kappa shape index (κ1) is 16.7. The number of hydrogen-bond acceptors (Lipinski definition) is 3.